The molecule has 0 heterocycles. The van der Waals surface area contributed by atoms with Crippen LogP contribution in [0.5, 0.6) is 0 Å². The molecule has 4 nitrogen and oxygen atoms in total. The summed E-state index contributed by atoms with van der Waals surface area (Å²) in [4.78, 5) is 26.8. The second kappa shape index (κ2) is 6.11. The summed E-state index contributed by atoms with van der Waals surface area (Å²) in [6.45, 7) is 1.69. The van der Waals surface area contributed by atoms with Gasteiger partial charge in [-0.05, 0) is 68.3 Å². The van der Waals surface area contributed by atoms with E-state index < -0.39 is 11.5 Å². The molecule has 4 aliphatic rings. The van der Waals surface area contributed by atoms with Crippen LogP contribution in [-0.4, -0.2) is 37.0 Å². The Morgan fingerprint density at radius 3 is 2.27 bits per heavy atom. The third-order valence-corrected chi connectivity index (χ3v) is 6.95. The Morgan fingerprint density at radius 1 is 1.08 bits per heavy atom. The first kappa shape index (κ1) is 17.6. The fourth-order valence-corrected chi connectivity index (χ4v) is 6.33. The lowest BCUT2D eigenvalue weighted by Crippen LogP contribution is -2.57. The van der Waals surface area contributed by atoms with Crippen molar-refractivity contribution in [2.45, 2.75) is 57.0 Å². The lowest BCUT2D eigenvalue weighted by Gasteiger charge is -2.61. The van der Waals surface area contributed by atoms with Crippen molar-refractivity contribution >= 4 is 11.9 Å². The largest absolute Gasteiger partial charge is 0.452 e. The minimum Gasteiger partial charge on any atom is -0.452 e. The quantitative estimate of drug-likeness (QED) is 0.776. The van der Waals surface area contributed by atoms with E-state index in [2.05, 4.69) is 30.3 Å². The minimum atomic E-state index is -0.710. The molecule has 0 saturated heterocycles. The summed E-state index contributed by atoms with van der Waals surface area (Å²) in [5, 5.41) is 0. The average Bonchev–Trinajstić information content (AvgIpc) is 2.60. The Hall–Kier alpha value is -1.84. The summed E-state index contributed by atoms with van der Waals surface area (Å²) in [6, 6.07) is 10.7. The number of carbonyl (C=O) groups excluding carboxylic acids is 2. The van der Waals surface area contributed by atoms with Crippen LogP contribution >= 0.6 is 0 Å². The van der Waals surface area contributed by atoms with E-state index in [0.29, 0.717) is 11.8 Å². The van der Waals surface area contributed by atoms with Gasteiger partial charge < -0.3 is 9.64 Å². The zero-order valence-corrected chi connectivity index (χ0v) is 16.0. The molecule has 4 heteroatoms. The number of benzene rings is 1. The topological polar surface area (TPSA) is 46.6 Å². The molecule has 5 rings (SSSR count). The molecule has 0 N–H and O–H groups in total. The van der Waals surface area contributed by atoms with Crippen LogP contribution in [0.15, 0.2) is 30.3 Å². The van der Waals surface area contributed by atoms with Gasteiger partial charge in [-0.2, -0.15) is 0 Å². The van der Waals surface area contributed by atoms with Crippen molar-refractivity contribution in [3.8, 4) is 0 Å². The van der Waals surface area contributed by atoms with Gasteiger partial charge in [0.05, 0.1) is 5.41 Å². The predicted octanol–water partition coefficient (Wildman–Crippen LogP) is 3.54. The lowest BCUT2D eigenvalue weighted by atomic mass is 9.43. The fourth-order valence-electron chi connectivity index (χ4n) is 6.33. The maximum absolute atomic E-state index is 13.2. The number of amides is 1. The van der Waals surface area contributed by atoms with E-state index >= 15 is 0 Å². The fraction of sp³-hybridized carbons (Fsp3) is 0.636. The van der Waals surface area contributed by atoms with Crippen LogP contribution in [0.3, 0.4) is 0 Å². The van der Waals surface area contributed by atoms with Crippen molar-refractivity contribution in [1.29, 1.82) is 0 Å². The highest BCUT2D eigenvalue weighted by molar-refractivity contribution is 5.85. The molecule has 140 valence electrons. The normalized spacial score (nSPS) is 35.8. The Balaban J connectivity index is 1.60. The van der Waals surface area contributed by atoms with E-state index in [4.69, 9.17) is 4.74 Å². The number of carbonyl (C=O) groups is 2. The standard InChI is InChI=1S/C22H29NO3/c1-15(19(24)23(2)3)26-20(25)22-12-16-9-17(13-22)11-21(10-16,14-22)18-7-5-4-6-8-18/h4-8,15-17H,9-14H2,1-3H3/t15-,16-,17+,21?,22?/m1/s1. The summed E-state index contributed by atoms with van der Waals surface area (Å²) >= 11 is 0. The number of ether oxygens (including phenoxy) is 1. The Bertz CT molecular complexity index is 697. The van der Waals surface area contributed by atoms with E-state index in [1.54, 1.807) is 21.0 Å². The number of rotatable bonds is 4. The van der Waals surface area contributed by atoms with Gasteiger partial charge in [-0.25, -0.2) is 0 Å². The Kier molecular flexibility index (Phi) is 4.13. The number of hydrogen-bond acceptors (Lipinski definition) is 3. The molecule has 4 bridgehead atoms. The van der Waals surface area contributed by atoms with Crippen LogP contribution < -0.4 is 0 Å². The summed E-state index contributed by atoms with van der Waals surface area (Å²) in [5.41, 5.74) is 1.09. The third kappa shape index (κ3) is 2.74. The lowest BCUT2D eigenvalue weighted by molar-refractivity contribution is -0.182. The van der Waals surface area contributed by atoms with Gasteiger partial charge >= 0.3 is 5.97 Å². The number of esters is 1. The van der Waals surface area contributed by atoms with Gasteiger partial charge in [0.2, 0.25) is 0 Å². The number of likely N-dealkylation sites (N-methyl/N-ethyl adjacent to an activating group) is 1. The molecule has 4 aliphatic carbocycles. The minimum absolute atomic E-state index is 0.110. The molecule has 1 amide bonds. The highest BCUT2D eigenvalue weighted by Crippen LogP contribution is 2.66. The molecule has 1 aromatic carbocycles. The molecule has 1 aromatic rings. The van der Waals surface area contributed by atoms with Gasteiger partial charge in [0.25, 0.3) is 5.91 Å². The highest BCUT2D eigenvalue weighted by Gasteiger charge is 2.61. The third-order valence-electron chi connectivity index (χ3n) is 6.95. The summed E-state index contributed by atoms with van der Waals surface area (Å²) < 4.78 is 5.71. The molecule has 4 saturated carbocycles. The van der Waals surface area contributed by atoms with E-state index in [1.165, 1.54) is 29.7 Å². The number of nitrogens with zero attached hydrogens (tertiary/aromatic N) is 1. The molecule has 0 aliphatic heterocycles. The molecule has 4 fully saturated rings. The second-order valence-electron chi connectivity index (χ2n) is 9.17. The maximum Gasteiger partial charge on any atom is 0.312 e. The SMILES string of the molecule is C[C@@H](OC(=O)C12C[C@H]3C[C@@H](C1)CC(c1ccccc1)(C3)C2)C(=O)N(C)C. The van der Waals surface area contributed by atoms with E-state index in [0.717, 1.165) is 19.3 Å². The summed E-state index contributed by atoms with van der Waals surface area (Å²) in [6.07, 6.45) is 5.65. The van der Waals surface area contributed by atoms with Crippen LogP contribution in [0.25, 0.3) is 0 Å². The zero-order valence-electron chi connectivity index (χ0n) is 16.0. The zero-order chi connectivity index (χ0) is 18.5. The Labute approximate surface area is 155 Å². The summed E-state index contributed by atoms with van der Waals surface area (Å²) in [7, 11) is 3.39. The van der Waals surface area contributed by atoms with Crippen molar-refractivity contribution in [2.75, 3.05) is 14.1 Å². The van der Waals surface area contributed by atoms with Crippen LogP contribution in [-0.2, 0) is 19.7 Å². The highest BCUT2D eigenvalue weighted by atomic mass is 16.5. The van der Waals surface area contributed by atoms with E-state index in [1.807, 2.05) is 0 Å². The van der Waals surface area contributed by atoms with Crippen molar-refractivity contribution in [2.24, 2.45) is 17.3 Å². The van der Waals surface area contributed by atoms with E-state index in [9.17, 15) is 9.59 Å². The van der Waals surface area contributed by atoms with Crippen LogP contribution in [0.1, 0.15) is 51.0 Å². The molecular formula is C22H29NO3. The molecule has 26 heavy (non-hydrogen) atoms. The van der Waals surface area contributed by atoms with Gasteiger partial charge in [-0.15, -0.1) is 0 Å². The predicted molar refractivity (Wildman–Crippen MR) is 99.5 cm³/mol. The second-order valence-corrected chi connectivity index (χ2v) is 9.17. The maximum atomic E-state index is 13.2. The Morgan fingerprint density at radius 2 is 1.69 bits per heavy atom. The van der Waals surface area contributed by atoms with Crippen LogP contribution in [0.4, 0.5) is 0 Å². The van der Waals surface area contributed by atoms with Gasteiger partial charge in [0.15, 0.2) is 6.10 Å². The van der Waals surface area contributed by atoms with Gasteiger partial charge in [-0.1, -0.05) is 30.3 Å². The van der Waals surface area contributed by atoms with Crippen molar-refractivity contribution < 1.29 is 14.3 Å². The first-order valence-electron chi connectivity index (χ1n) is 9.81. The molecule has 0 aromatic heterocycles. The van der Waals surface area contributed by atoms with Gasteiger partial charge in [0, 0.05) is 14.1 Å². The smallest absolute Gasteiger partial charge is 0.312 e. The monoisotopic (exact) mass is 355 g/mol. The van der Waals surface area contributed by atoms with Gasteiger partial charge in [-0.3, -0.25) is 9.59 Å². The first-order valence-corrected chi connectivity index (χ1v) is 9.81. The molecule has 0 spiro atoms. The van der Waals surface area contributed by atoms with Gasteiger partial charge in [0.1, 0.15) is 0 Å². The van der Waals surface area contributed by atoms with Crippen molar-refractivity contribution in [3.05, 3.63) is 35.9 Å². The average molecular weight is 355 g/mol. The molecule has 2 unspecified atom stereocenters. The molecule has 5 atom stereocenters. The number of hydrogen-bond donors (Lipinski definition) is 0. The summed E-state index contributed by atoms with van der Waals surface area (Å²) in [5.74, 6) is 0.906. The first-order chi connectivity index (χ1) is 12.3. The van der Waals surface area contributed by atoms with Crippen LogP contribution in [0, 0.1) is 17.3 Å². The van der Waals surface area contributed by atoms with Crippen LogP contribution in [0.2, 0.25) is 0 Å². The van der Waals surface area contributed by atoms with Crippen molar-refractivity contribution in [1.82, 2.24) is 4.90 Å². The van der Waals surface area contributed by atoms with E-state index in [-0.39, 0.29) is 17.3 Å². The molecule has 0 radical (unpaired) electrons. The molecular weight excluding hydrogens is 326 g/mol. The van der Waals surface area contributed by atoms with Crippen molar-refractivity contribution in [3.63, 3.8) is 0 Å².